The molecule has 0 saturated carbocycles. The number of aliphatic carboxylic acids is 1. The summed E-state index contributed by atoms with van der Waals surface area (Å²) in [4.78, 5) is 35.6. The molecule has 0 bridgehead atoms. The van der Waals surface area contributed by atoms with Crippen LogP contribution in [0.3, 0.4) is 0 Å². The minimum Gasteiger partial charge on any atom is -0.496 e. The van der Waals surface area contributed by atoms with Crippen molar-refractivity contribution >= 4 is 11.9 Å². The third kappa shape index (κ3) is 5.38. The van der Waals surface area contributed by atoms with E-state index < -0.39 is 35.8 Å². The molecule has 1 unspecified atom stereocenters. The van der Waals surface area contributed by atoms with E-state index in [4.69, 9.17) is 4.74 Å². The Balaban J connectivity index is 2.25. The minimum absolute atomic E-state index is 0.0662. The largest absolute Gasteiger partial charge is 0.496 e. The monoisotopic (exact) mass is 391 g/mol. The minimum atomic E-state index is -1.15. The number of carbonyl (C=O) groups is 2. The smallest absolute Gasteiger partial charge is 0.326 e. The van der Waals surface area contributed by atoms with E-state index in [2.05, 4.69) is 10.4 Å². The van der Waals surface area contributed by atoms with Crippen molar-refractivity contribution < 1.29 is 23.8 Å². The van der Waals surface area contributed by atoms with Crippen molar-refractivity contribution in [3.05, 3.63) is 46.5 Å². The second kappa shape index (κ2) is 9.12. The summed E-state index contributed by atoms with van der Waals surface area (Å²) in [5, 5.41) is 15.7. The zero-order chi connectivity index (χ0) is 20.8. The molecule has 2 aromatic rings. The number of carboxylic acid groups (broad SMARTS) is 1. The van der Waals surface area contributed by atoms with Gasteiger partial charge in [0, 0.05) is 17.7 Å². The van der Waals surface area contributed by atoms with E-state index in [-0.39, 0.29) is 18.1 Å². The molecule has 0 fully saturated rings. The van der Waals surface area contributed by atoms with Crippen molar-refractivity contribution in [2.45, 2.75) is 32.9 Å². The van der Waals surface area contributed by atoms with Crippen molar-refractivity contribution in [1.82, 2.24) is 15.1 Å². The molecule has 2 rings (SSSR count). The number of halogens is 1. The first kappa shape index (κ1) is 21.1. The van der Waals surface area contributed by atoms with Crippen LogP contribution in [0.4, 0.5) is 4.39 Å². The number of nitrogens with zero attached hydrogens (tertiary/aromatic N) is 2. The van der Waals surface area contributed by atoms with Gasteiger partial charge in [0.1, 0.15) is 24.2 Å². The molecule has 2 N–H and O–H groups in total. The first-order chi connectivity index (χ1) is 13.2. The number of rotatable bonds is 8. The Labute approximate surface area is 160 Å². The van der Waals surface area contributed by atoms with Crippen LogP contribution in [0.2, 0.25) is 0 Å². The number of carboxylic acids is 1. The first-order valence-electron chi connectivity index (χ1n) is 8.65. The average molecular weight is 391 g/mol. The van der Waals surface area contributed by atoms with E-state index >= 15 is 0 Å². The SMILES string of the molecule is COc1cc(F)ccc1-c1ccc(=O)n(CC(=O)NC(CC(C)C)C(=O)O)n1. The fraction of sp³-hybridized carbons (Fsp3) is 0.368. The van der Waals surface area contributed by atoms with Crippen LogP contribution >= 0.6 is 0 Å². The normalized spacial score (nSPS) is 11.9. The number of methoxy groups -OCH3 is 1. The van der Waals surface area contributed by atoms with Crippen LogP contribution in [-0.2, 0) is 16.1 Å². The third-order valence-electron chi connectivity index (χ3n) is 3.94. The van der Waals surface area contributed by atoms with Crippen molar-refractivity contribution in [2.75, 3.05) is 7.11 Å². The number of ether oxygens (including phenoxy) is 1. The van der Waals surface area contributed by atoms with Crippen LogP contribution < -0.4 is 15.6 Å². The summed E-state index contributed by atoms with van der Waals surface area (Å²) in [5.74, 6) is -1.99. The van der Waals surface area contributed by atoms with Gasteiger partial charge >= 0.3 is 5.97 Å². The van der Waals surface area contributed by atoms with E-state index in [1.54, 1.807) is 0 Å². The molecule has 0 aliphatic heterocycles. The molecule has 1 amide bonds. The van der Waals surface area contributed by atoms with Crippen LogP contribution in [-0.4, -0.2) is 39.9 Å². The van der Waals surface area contributed by atoms with Gasteiger partial charge in [0.2, 0.25) is 5.91 Å². The van der Waals surface area contributed by atoms with Crippen LogP contribution in [0, 0.1) is 11.7 Å². The van der Waals surface area contributed by atoms with Crippen molar-refractivity contribution in [3.8, 4) is 17.0 Å². The molecule has 1 heterocycles. The quantitative estimate of drug-likeness (QED) is 0.708. The lowest BCUT2D eigenvalue weighted by Crippen LogP contribution is -2.44. The zero-order valence-electron chi connectivity index (χ0n) is 15.8. The third-order valence-corrected chi connectivity index (χ3v) is 3.94. The highest BCUT2D eigenvalue weighted by molar-refractivity contribution is 5.83. The molecule has 0 aliphatic rings. The lowest BCUT2D eigenvalue weighted by atomic mass is 10.0. The summed E-state index contributed by atoms with van der Waals surface area (Å²) in [6.45, 7) is 3.24. The number of nitrogens with one attached hydrogen (secondary N) is 1. The van der Waals surface area contributed by atoms with Gasteiger partial charge < -0.3 is 15.2 Å². The second-order valence-electron chi connectivity index (χ2n) is 6.65. The maximum Gasteiger partial charge on any atom is 0.326 e. The van der Waals surface area contributed by atoms with Gasteiger partial charge in [0.15, 0.2) is 0 Å². The number of benzene rings is 1. The van der Waals surface area contributed by atoms with Gasteiger partial charge in [-0.15, -0.1) is 0 Å². The number of hydrogen-bond acceptors (Lipinski definition) is 5. The summed E-state index contributed by atoms with van der Waals surface area (Å²) in [6.07, 6.45) is 0.260. The van der Waals surface area contributed by atoms with Crippen molar-refractivity contribution in [3.63, 3.8) is 0 Å². The fourth-order valence-corrected chi connectivity index (χ4v) is 2.65. The fourth-order valence-electron chi connectivity index (χ4n) is 2.65. The van der Waals surface area contributed by atoms with Gasteiger partial charge in [-0.2, -0.15) is 5.10 Å². The number of aromatic nitrogens is 2. The molecule has 0 radical (unpaired) electrons. The summed E-state index contributed by atoms with van der Waals surface area (Å²) in [6, 6.07) is 5.47. The highest BCUT2D eigenvalue weighted by Crippen LogP contribution is 2.28. The first-order valence-corrected chi connectivity index (χ1v) is 8.65. The molecule has 0 aliphatic carbocycles. The van der Waals surface area contributed by atoms with E-state index in [9.17, 15) is 23.9 Å². The van der Waals surface area contributed by atoms with Crippen molar-refractivity contribution in [2.24, 2.45) is 5.92 Å². The molecular weight excluding hydrogens is 369 g/mol. The predicted octanol–water partition coefficient (Wildman–Crippen LogP) is 1.67. The van der Waals surface area contributed by atoms with Crippen LogP contribution in [0.15, 0.2) is 35.1 Å². The van der Waals surface area contributed by atoms with Crippen LogP contribution in [0.5, 0.6) is 5.75 Å². The molecule has 1 aromatic carbocycles. The lowest BCUT2D eigenvalue weighted by molar-refractivity contribution is -0.142. The highest BCUT2D eigenvalue weighted by Gasteiger charge is 2.21. The average Bonchev–Trinajstić information content (AvgIpc) is 2.62. The molecule has 9 heteroatoms. The topological polar surface area (TPSA) is 111 Å². The van der Waals surface area contributed by atoms with Crippen LogP contribution in [0.1, 0.15) is 20.3 Å². The standard InChI is InChI=1S/C19H22FN3O5/c1-11(2)8-15(19(26)27)21-17(24)10-23-18(25)7-6-14(22-23)13-5-4-12(20)9-16(13)28-3/h4-7,9,11,15H,8,10H2,1-3H3,(H,21,24)(H,26,27). The van der Waals surface area contributed by atoms with E-state index in [0.29, 0.717) is 11.3 Å². The summed E-state index contributed by atoms with van der Waals surface area (Å²) < 4.78 is 19.4. The molecular formula is C19H22FN3O5. The highest BCUT2D eigenvalue weighted by atomic mass is 19.1. The molecule has 0 saturated heterocycles. The predicted molar refractivity (Wildman–Crippen MR) is 99.5 cm³/mol. The molecule has 0 spiro atoms. The second-order valence-corrected chi connectivity index (χ2v) is 6.65. The van der Waals surface area contributed by atoms with Gasteiger partial charge in [-0.3, -0.25) is 9.59 Å². The van der Waals surface area contributed by atoms with Gasteiger partial charge in [-0.25, -0.2) is 13.9 Å². The molecule has 8 nitrogen and oxygen atoms in total. The van der Waals surface area contributed by atoms with Gasteiger partial charge in [0.05, 0.1) is 12.8 Å². The van der Waals surface area contributed by atoms with Gasteiger partial charge in [0.25, 0.3) is 5.56 Å². The molecule has 28 heavy (non-hydrogen) atoms. The summed E-state index contributed by atoms with van der Waals surface area (Å²) >= 11 is 0. The lowest BCUT2D eigenvalue weighted by Gasteiger charge is -2.16. The number of carbonyl (C=O) groups excluding carboxylic acids is 1. The van der Waals surface area contributed by atoms with Gasteiger partial charge in [-0.05, 0) is 30.5 Å². The van der Waals surface area contributed by atoms with Gasteiger partial charge in [-0.1, -0.05) is 13.8 Å². The number of amides is 1. The molecule has 1 atom stereocenters. The Morgan fingerprint density at radius 3 is 2.61 bits per heavy atom. The maximum absolute atomic E-state index is 13.4. The summed E-state index contributed by atoms with van der Waals surface area (Å²) in [5.41, 5.74) is 0.221. The summed E-state index contributed by atoms with van der Waals surface area (Å²) in [7, 11) is 1.38. The Morgan fingerprint density at radius 2 is 2.00 bits per heavy atom. The van der Waals surface area contributed by atoms with E-state index in [1.807, 2.05) is 13.8 Å². The Kier molecular flexibility index (Phi) is 6.86. The number of hydrogen-bond donors (Lipinski definition) is 2. The zero-order valence-corrected chi connectivity index (χ0v) is 15.8. The van der Waals surface area contributed by atoms with E-state index in [1.165, 1.54) is 37.4 Å². The molecule has 1 aromatic heterocycles. The maximum atomic E-state index is 13.4. The van der Waals surface area contributed by atoms with Crippen LogP contribution in [0.25, 0.3) is 11.3 Å². The Morgan fingerprint density at radius 1 is 1.29 bits per heavy atom. The Hall–Kier alpha value is -3.23. The van der Waals surface area contributed by atoms with E-state index in [0.717, 1.165) is 4.68 Å². The Bertz CT molecular complexity index is 926. The molecule has 150 valence electrons. The van der Waals surface area contributed by atoms with Crippen molar-refractivity contribution in [1.29, 1.82) is 0 Å².